The number of nitrogens with one attached hydrogen (secondary N) is 1. The minimum absolute atomic E-state index is 0.0219. The first-order chi connectivity index (χ1) is 12.4. The molecule has 1 amide bonds. The summed E-state index contributed by atoms with van der Waals surface area (Å²) in [5, 5.41) is 2.41. The van der Waals surface area contributed by atoms with Gasteiger partial charge in [-0.1, -0.05) is 6.07 Å². The lowest BCUT2D eigenvalue weighted by atomic mass is 10.1. The number of halogens is 2. The van der Waals surface area contributed by atoms with Crippen LogP contribution in [0.15, 0.2) is 24.3 Å². The van der Waals surface area contributed by atoms with Crippen LogP contribution < -0.4 is 15.8 Å². The van der Waals surface area contributed by atoms with Crippen LogP contribution in [-0.4, -0.2) is 17.5 Å². The van der Waals surface area contributed by atoms with Crippen LogP contribution in [0.25, 0.3) is 0 Å². The van der Waals surface area contributed by atoms with Gasteiger partial charge in [0.15, 0.2) is 11.6 Å². The van der Waals surface area contributed by atoms with Gasteiger partial charge in [-0.05, 0) is 38.5 Å². The molecule has 0 saturated heterocycles. The third-order valence-electron chi connectivity index (χ3n) is 3.52. The Morgan fingerprint density at radius 3 is 2.88 bits per heavy atom. The highest BCUT2D eigenvalue weighted by Crippen LogP contribution is 2.25. The summed E-state index contributed by atoms with van der Waals surface area (Å²) < 4.78 is 33.2. The van der Waals surface area contributed by atoms with Crippen molar-refractivity contribution in [3.05, 3.63) is 47.2 Å². The maximum absolute atomic E-state index is 14.5. The second-order valence-corrected chi connectivity index (χ2v) is 5.48. The Morgan fingerprint density at radius 2 is 2.15 bits per heavy atom. The molecule has 7 heteroatoms. The number of amides is 1. The van der Waals surface area contributed by atoms with Crippen molar-refractivity contribution in [2.24, 2.45) is 0 Å². The van der Waals surface area contributed by atoms with Crippen molar-refractivity contribution in [2.45, 2.75) is 26.7 Å². The fourth-order valence-corrected chi connectivity index (χ4v) is 2.16. The first-order valence-corrected chi connectivity index (χ1v) is 7.99. The van der Waals surface area contributed by atoms with Crippen molar-refractivity contribution in [1.29, 1.82) is 0 Å². The van der Waals surface area contributed by atoms with E-state index in [1.807, 2.05) is 0 Å². The van der Waals surface area contributed by atoms with E-state index >= 15 is 0 Å². The first kappa shape index (κ1) is 19.2. The van der Waals surface area contributed by atoms with Crippen LogP contribution in [-0.2, 0) is 0 Å². The van der Waals surface area contributed by atoms with Crippen LogP contribution in [0.1, 0.15) is 35.7 Å². The average molecular weight is 359 g/mol. The molecule has 2 rings (SSSR count). The van der Waals surface area contributed by atoms with Gasteiger partial charge in [0.05, 0.1) is 17.9 Å². The molecule has 1 heterocycles. The number of ether oxygens (including phenoxy) is 1. The molecule has 1 aromatic carbocycles. The van der Waals surface area contributed by atoms with Crippen molar-refractivity contribution in [2.75, 3.05) is 17.7 Å². The van der Waals surface area contributed by atoms with Gasteiger partial charge in [0, 0.05) is 12.0 Å². The van der Waals surface area contributed by atoms with E-state index in [2.05, 4.69) is 22.1 Å². The van der Waals surface area contributed by atoms with Gasteiger partial charge < -0.3 is 15.8 Å². The van der Waals surface area contributed by atoms with Crippen LogP contribution in [0.3, 0.4) is 0 Å². The van der Waals surface area contributed by atoms with Gasteiger partial charge in [0.2, 0.25) is 5.95 Å². The summed E-state index contributed by atoms with van der Waals surface area (Å²) in [6.45, 7) is 3.51. The number of rotatable bonds is 6. The van der Waals surface area contributed by atoms with E-state index in [1.165, 1.54) is 25.1 Å². The highest BCUT2D eigenvalue weighted by Gasteiger charge is 2.17. The highest BCUT2D eigenvalue weighted by molar-refractivity contribution is 6.07. The number of aryl methyl sites for hydroxylation is 1. The Morgan fingerprint density at radius 1 is 1.38 bits per heavy atom. The van der Waals surface area contributed by atoms with Gasteiger partial charge >= 0.3 is 0 Å². The average Bonchev–Trinajstić information content (AvgIpc) is 2.60. The normalized spacial score (nSPS) is 10.0. The van der Waals surface area contributed by atoms with Crippen molar-refractivity contribution >= 4 is 17.4 Å². The summed E-state index contributed by atoms with van der Waals surface area (Å²) in [7, 11) is 0. The smallest absolute Gasteiger partial charge is 0.259 e. The van der Waals surface area contributed by atoms with Crippen LogP contribution in [0.2, 0.25) is 0 Å². The molecule has 0 unspecified atom stereocenters. The minimum atomic E-state index is -0.756. The summed E-state index contributed by atoms with van der Waals surface area (Å²) in [6, 6.07) is 5.68. The van der Waals surface area contributed by atoms with Gasteiger partial charge in [-0.2, -0.15) is 4.39 Å². The largest absolute Gasteiger partial charge is 0.490 e. The Balaban J connectivity index is 2.11. The predicted octanol–water partition coefficient (Wildman–Crippen LogP) is 3.69. The molecular weight excluding hydrogens is 340 g/mol. The maximum Gasteiger partial charge on any atom is 0.259 e. The molecule has 136 valence electrons. The number of benzene rings is 1. The summed E-state index contributed by atoms with van der Waals surface area (Å²) >= 11 is 0. The fraction of sp³-hybridized carbons (Fsp3) is 0.263. The molecule has 0 aliphatic heterocycles. The van der Waals surface area contributed by atoms with Crippen LogP contribution in [0, 0.1) is 30.5 Å². The molecular formula is C19H19F2N3O2. The van der Waals surface area contributed by atoms with Crippen LogP contribution in [0.4, 0.5) is 20.3 Å². The Hall–Kier alpha value is -3.14. The van der Waals surface area contributed by atoms with Gasteiger partial charge in [0.25, 0.3) is 5.91 Å². The van der Waals surface area contributed by atoms with E-state index in [0.717, 1.165) is 0 Å². The second-order valence-electron chi connectivity index (χ2n) is 5.48. The number of carbonyl (C=O) groups is 1. The van der Waals surface area contributed by atoms with E-state index in [1.54, 1.807) is 13.0 Å². The second kappa shape index (κ2) is 8.81. The van der Waals surface area contributed by atoms with Crippen molar-refractivity contribution in [1.82, 2.24) is 4.98 Å². The molecule has 0 fully saturated rings. The summed E-state index contributed by atoms with van der Waals surface area (Å²) in [5.41, 5.74) is 5.64. The monoisotopic (exact) mass is 359 g/mol. The lowest BCUT2D eigenvalue weighted by Crippen LogP contribution is -2.17. The number of nitrogens with two attached hydrogens (primary N) is 1. The van der Waals surface area contributed by atoms with Crippen molar-refractivity contribution < 1.29 is 18.3 Å². The molecule has 0 atom stereocenters. The Bertz CT molecular complexity index is 873. The lowest BCUT2D eigenvalue weighted by molar-refractivity contribution is 0.102. The predicted molar refractivity (Wildman–Crippen MR) is 95.9 cm³/mol. The molecule has 2 aromatic rings. The number of hydrogen-bond donors (Lipinski definition) is 2. The van der Waals surface area contributed by atoms with E-state index < -0.39 is 17.7 Å². The Labute approximate surface area is 150 Å². The van der Waals surface area contributed by atoms with Gasteiger partial charge in [-0.25, -0.2) is 9.37 Å². The third kappa shape index (κ3) is 4.70. The minimum Gasteiger partial charge on any atom is -0.490 e. The van der Waals surface area contributed by atoms with E-state index in [4.69, 9.17) is 10.5 Å². The molecule has 0 radical (unpaired) electrons. The number of aromatic nitrogens is 1. The molecule has 0 saturated carbocycles. The topological polar surface area (TPSA) is 77.2 Å². The molecule has 0 aliphatic carbocycles. The lowest BCUT2D eigenvalue weighted by Gasteiger charge is -2.12. The van der Waals surface area contributed by atoms with E-state index in [0.29, 0.717) is 19.4 Å². The number of carbonyl (C=O) groups excluding carboxylic acids is 1. The molecule has 5 nitrogen and oxygen atoms in total. The van der Waals surface area contributed by atoms with Crippen molar-refractivity contribution in [3.63, 3.8) is 0 Å². The van der Waals surface area contributed by atoms with Gasteiger partial charge in [-0.3, -0.25) is 4.79 Å². The first-order valence-electron chi connectivity index (χ1n) is 7.99. The number of unbranched alkanes of at least 4 members (excludes halogenated alkanes) is 1. The fourth-order valence-electron chi connectivity index (χ4n) is 2.16. The van der Waals surface area contributed by atoms with Crippen LogP contribution >= 0.6 is 0 Å². The number of nitrogen functional groups attached to an aromatic ring is 1. The standard InChI is InChI=1S/C19H19F2N3O2/c1-3-4-5-6-10-26-15-9-7-8-14(16(15)20)23-19(25)13-11-12(2)17(21)24-18(13)22/h7-9,11H,5-6,10H2,1-2H3,(H2,22,24)(H,23,25). The number of nitrogens with zero attached hydrogens (tertiary/aromatic N) is 1. The summed E-state index contributed by atoms with van der Waals surface area (Å²) in [6.07, 6.45) is 1.32. The van der Waals surface area contributed by atoms with Crippen LogP contribution in [0.5, 0.6) is 5.75 Å². The number of hydrogen-bond acceptors (Lipinski definition) is 4. The summed E-state index contributed by atoms with van der Waals surface area (Å²) in [5.74, 6) is 3.27. The van der Waals surface area contributed by atoms with Gasteiger partial charge in [-0.15, -0.1) is 11.8 Å². The molecule has 3 N–H and O–H groups in total. The molecule has 0 spiro atoms. The SMILES string of the molecule is CC#CCCCOc1cccc(NC(=O)c2cc(C)c(F)nc2N)c1F. The zero-order valence-corrected chi connectivity index (χ0v) is 14.5. The molecule has 0 bridgehead atoms. The van der Waals surface area contributed by atoms with Crippen molar-refractivity contribution in [3.8, 4) is 17.6 Å². The molecule has 26 heavy (non-hydrogen) atoms. The zero-order chi connectivity index (χ0) is 19.1. The third-order valence-corrected chi connectivity index (χ3v) is 3.52. The molecule has 1 aromatic heterocycles. The summed E-state index contributed by atoms with van der Waals surface area (Å²) in [4.78, 5) is 15.8. The number of anilines is 2. The Kier molecular flexibility index (Phi) is 6.50. The number of pyridine rings is 1. The van der Waals surface area contributed by atoms with Gasteiger partial charge in [0.1, 0.15) is 5.82 Å². The zero-order valence-electron chi connectivity index (χ0n) is 14.5. The quantitative estimate of drug-likeness (QED) is 0.469. The molecule has 0 aliphatic rings. The van der Waals surface area contributed by atoms with E-state index in [-0.39, 0.29) is 28.4 Å². The van der Waals surface area contributed by atoms with E-state index in [9.17, 15) is 13.6 Å². The highest BCUT2D eigenvalue weighted by atomic mass is 19.1. The maximum atomic E-state index is 14.5.